The molecule has 0 saturated carbocycles. The minimum absolute atomic E-state index is 0.00135. The average molecular weight is 389 g/mol. The fourth-order valence-electron chi connectivity index (χ4n) is 3.98. The first-order valence-corrected chi connectivity index (χ1v) is 10.1. The molecule has 5 rings (SSSR count). The zero-order valence-corrected chi connectivity index (χ0v) is 16.5. The van der Waals surface area contributed by atoms with Crippen molar-refractivity contribution in [1.29, 1.82) is 0 Å². The van der Waals surface area contributed by atoms with E-state index in [9.17, 15) is 9.59 Å². The molecule has 2 amide bonds. The Bertz CT molecular complexity index is 874. The van der Waals surface area contributed by atoms with Gasteiger partial charge in [0.25, 0.3) is 11.8 Å². The van der Waals surface area contributed by atoms with Crippen molar-refractivity contribution in [2.24, 2.45) is 0 Å². The highest BCUT2D eigenvalue weighted by atomic mass is 32.1. The highest BCUT2D eigenvalue weighted by Crippen LogP contribution is 2.35. The first kappa shape index (κ1) is 18.0. The van der Waals surface area contributed by atoms with E-state index in [1.807, 2.05) is 29.7 Å². The lowest BCUT2D eigenvalue weighted by atomic mass is 9.90. The van der Waals surface area contributed by atoms with Crippen LogP contribution in [-0.4, -0.2) is 59.1 Å². The van der Waals surface area contributed by atoms with E-state index in [4.69, 9.17) is 9.26 Å². The van der Waals surface area contributed by atoms with Gasteiger partial charge in [0, 0.05) is 42.5 Å². The molecule has 3 saturated heterocycles. The number of rotatable bonds is 4. The van der Waals surface area contributed by atoms with Crippen molar-refractivity contribution in [3.63, 3.8) is 0 Å². The van der Waals surface area contributed by atoms with Crippen LogP contribution in [0.5, 0.6) is 5.75 Å². The molecule has 0 N–H and O–H groups in total. The van der Waals surface area contributed by atoms with Gasteiger partial charge in [0.2, 0.25) is 0 Å². The number of piperazine rings is 1. The second kappa shape index (κ2) is 6.99. The van der Waals surface area contributed by atoms with Gasteiger partial charge in [-0.25, -0.2) is 0 Å². The summed E-state index contributed by atoms with van der Waals surface area (Å²) in [5.41, 5.74) is 0.354. The molecule has 8 heteroatoms. The maximum atomic E-state index is 13.1. The summed E-state index contributed by atoms with van der Waals surface area (Å²) >= 11 is 1.46. The minimum atomic E-state index is -0.107. The molecule has 3 aliphatic rings. The molecule has 0 spiro atoms. The van der Waals surface area contributed by atoms with Crippen molar-refractivity contribution in [1.82, 2.24) is 15.0 Å². The predicted molar refractivity (Wildman–Crippen MR) is 100 cm³/mol. The Morgan fingerprint density at radius 2 is 1.89 bits per heavy atom. The van der Waals surface area contributed by atoms with Crippen molar-refractivity contribution in [3.8, 4) is 5.75 Å². The van der Waals surface area contributed by atoms with Crippen LogP contribution in [0.1, 0.15) is 50.6 Å². The third-order valence-electron chi connectivity index (χ3n) is 5.41. The first-order valence-electron chi connectivity index (χ1n) is 9.23. The van der Waals surface area contributed by atoms with E-state index >= 15 is 0 Å². The number of methoxy groups -OCH3 is 1. The predicted octanol–water partition coefficient (Wildman–Crippen LogP) is 2.74. The first-order chi connectivity index (χ1) is 13.0. The van der Waals surface area contributed by atoms with Crippen LogP contribution in [-0.2, 0) is 6.42 Å². The summed E-state index contributed by atoms with van der Waals surface area (Å²) in [4.78, 5) is 31.4. The van der Waals surface area contributed by atoms with Crippen molar-refractivity contribution in [2.75, 3.05) is 20.2 Å². The number of aromatic nitrogens is 1. The third-order valence-corrected chi connectivity index (χ3v) is 6.43. The van der Waals surface area contributed by atoms with Gasteiger partial charge in [0.05, 0.1) is 7.11 Å². The van der Waals surface area contributed by atoms with E-state index < -0.39 is 0 Å². The van der Waals surface area contributed by atoms with Crippen LogP contribution in [0.15, 0.2) is 16.7 Å². The summed E-state index contributed by atoms with van der Waals surface area (Å²) < 4.78 is 10.5. The summed E-state index contributed by atoms with van der Waals surface area (Å²) in [5, 5.41) is 3.91. The average Bonchev–Trinajstić information content (AvgIpc) is 3.33. The number of amides is 2. The number of hydrogen-bond acceptors (Lipinski definition) is 6. The largest absolute Gasteiger partial charge is 0.495 e. The van der Waals surface area contributed by atoms with Crippen LogP contribution in [0, 0.1) is 6.92 Å². The van der Waals surface area contributed by atoms with E-state index in [1.165, 1.54) is 11.3 Å². The number of nitrogens with zero attached hydrogens (tertiary/aromatic N) is 3. The van der Waals surface area contributed by atoms with E-state index in [2.05, 4.69) is 5.16 Å². The quantitative estimate of drug-likeness (QED) is 0.804. The van der Waals surface area contributed by atoms with Gasteiger partial charge >= 0.3 is 0 Å². The molecule has 27 heavy (non-hydrogen) atoms. The molecule has 2 bridgehead atoms. The van der Waals surface area contributed by atoms with Crippen LogP contribution < -0.4 is 4.74 Å². The second-order valence-electron chi connectivity index (χ2n) is 7.09. The molecule has 0 aliphatic carbocycles. The van der Waals surface area contributed by atoms with Crippen LogP contribution in [0.2, 0.25) is 0 Å². The zero-order chi connectivity index (χ0) is 19.1. The Hall–Kier alpha value is -2.35. The minimum Gasteiger partial charge on any atom is -0.495 e. The van der Waals surface area contributed by atoms with Crippen molar-refractivity contribution < 1.29 is 18.8 Å². The summed E-state index contributed by atoms with van der Waals surface area (Å²) in [5.74, 6) is 1.23. The maximum absolute atomic E-state index is 13.1. The Labute approximate surface area is 161 Å². The fraction of sp³-hybridized carbons (Fsp3) is 0.526. The van der Waals surface area contributed by atoms with E-state index in [0.717, 1.165) is 17.7 Å². The van der Waals surface area contributed by atoms with Crippen LogP contribution >= 0.6 is 11.3 Å². The van der Waals surface area contributed by atoms with Crippen LogP contribution in [0.25, 0.3) is 0 Å². The second-order valence-corrected chi connectivity index (χ2v) is 8.34. The standard InChI is InChI=1S/C19H23N3O4S/c1-4-14-8-15(20-26-14)18(23)21-9-13-6-5-12(21)10-22(13)19(24)17-16(25-3)7-11(2)27-17/h7-8,12-13H,4-6,9-10H2,1-3H3. The molecule has 0 aromatic carbocycles. The number of fused-ring (bicyclic) bond motifs is 3. The zero-order valence-electron chi connectivity index (χ0n) is 15.7. The topological polar surface area (TPSA) is 75.9 Å². The Morgan fingerprint density at radius 1 is 1.22 bits per heavy atom. The molecule has 144 valence electrons. The van der Waals surface area contributed by atoms with Crippen LogP contribution in [0.4, 0.5) is 0 Å². The number of aryl methyl sites for hydroxylation is 2. The highest BCUT2D eigenvalue weighted by Gasteiger charge is 2.44. The molecule has 7 nitrogen and oxygen atoms in total. The normalized spacial score (nSPS) is 21.6. The lowest BCUT2D eigenvalue weighted by molar-refractivity contribution is -0.00640. The number of carbonyl (C=O) groups is 2. The van der Waals surface area contributed by atoms with Crippen molar-refractivity contribution >= 4 is 23.2 Å². The summed E-state index contributed by atoms with van der Waals surface area (Å²) in [7, 11) is 1.59. The highest BCUT2D eigenvalue weighted by molar-refractivity contribution is 7.14. The number of carbonyl (C=O) groups excluding carboxylic acids is 2. The molecule has 5 heterocycles. The van der Waals surface area contributed by atoms with E-state index in [0.29, 0.717) is 41.6 Å². The molecule has 2 atom stereocenters. The molecule has 3 aliphatic heterocycles. The Kier molecular flexibility index (Phi) is 4.67. The number of piperidine rings is 2. The van der Waals surface area contributed by atoms with Crippen LogP contribution in [0.3, 0.4) is 0 Å². The maximum Gasteiger partial charge on any atom is 0.276 e. The molecular formula is C19H23N3O4S. The van der Waals surface area contributed by atoms with E-state index in [1.54, 1.807) is 13.2 Å². The van der Waals surface area contributed by atoms with E-state index in [-0.39, 0.29) is 23.9 Å². The van der Waals surface area contributed by atoms with Gasteiger partial charge in [0.1, 0.15) is 16.4 Å². The Balaban J connectivity index is 1.51. The number of hydrogen-bond donors (Lipinski definition) is 0. The smallest absolute Gasteiger partial charge is 0.276 e. The van der Waals surface area contributed by atoms with Gasteiger partial charge in [-0.15, -0.1) is 11.3 Å². The summed E-state index contributed by atoms with van der Waals surface area (Å²) in [6.07, 6.45) is 2.52. The van der Waals surface area contributed by atoms with Gasteiger partial charge in [-0.05, 0) is 25.8 Å². The number of thiophene rings is 1. The molecule has 0 radical (unpaired) electrons. The molecule has 3 fully saturated rings. The Morgan fingerprint density at radius 3 is 2.44 bits per heavy atom. The van der Waals surface area contributed by atoms with Gasteiger partial charge in [-0.1, -0.05) is 12.1 Å². The monoisotopic (exact) mass is 389 g/mol. The lowest BCUT2D eigenvalue weighted by Gasteiger charge is -2.51. The molecular weight excluding hydrogens is 366 g/mol. The van der Waals surface area contributed by atoms with Gasteiger partial charge < -0.3 is 19.1 Å². The van der Waals surface area contributed by atoms with Gasteiger partial charge in [0.15, 0.2) is 5.69 Å². The van der Waals surface area contributed by atoms with Gasteiger partial charge in [-0.3, -0.25) is 9.59 Å². The van der Waals surface area contributed by atoms with Gasteiger partial charge in [-0.2, -0.15) is 0 Å². The fourth-order valence-corrected chi connectivity index (χ4v) is 4.91. The molecule has 2 unspecified atom stereocenters. The lowest BCUT2D eigenvalue weighted by Crippen LogP contribution is -2.65. The molecule has 2 aromatic rings. The molecule has 2 aromatic heterocycles. The SMILES string of the molecule is CCc1cc(C(=O)N2CC3CCC2CN3C(=O)c2sc(C)cc2OC)no1. The number of ether oxygens (including phenoxy) is 1. The van der Waals surface area contributed by atoms with Crippen molar-refractivity contribution in [2.45, 2.75) is 45.2 Å². The third kappa shape index (κ3) is 3.12. The van der Waals surface area contributed by atoms with Crippen molar-refractivity contribution in [3.05, 3.63) is 33.3 Å². The summed E-state index contributed by atoms with van der Waals surface area (Å²) in [6, 6.07) is 3.65. The summed E-state index contributed by atoms with van der Waals surface area (Å²) in [6.45, 7) is 5.01.